The van der Waals surface area contributed by atoms with Gasteiger partial charge in [-0.25, -0.2) is 14.4 Å². The topological polar surface area (TPSA) is 317 Å². The SMILES string of the molecule is CCCCCCCC/C=C\CCCCCCCCNC(=O)C1=CCN(C)[C@@H]([C@H](O[C@@H]2O[C@H](CN)[C@@H](O)[C@H]2O)[C@H]2O[C@@H](n3ccc(=O)[nH]c3=O)[C@H](O)[C@@H]2O)C(=O)N1C.O=C(O)C(F)(F)F.O=C(O)C(F)(F)F. The van der Waals surface area contributed by atoms with Crippen molar-refractivity contribution in [2.75, 3.05) is 33.7 Å². The van der Waals surface area contributed by atoms with Crippen molar-refractivity contribution in [2.45, 2.75) is 170 Å². The monoisotopic (exact) mass is 1030 g/mol. The number of aromatic nitrogens is 2. The van der Waals surface area contributed by atoms with Gasteiger partial charge in [-0.3, -0.25) is 28.8 Å². The number of amides is 2. The largest absolute Gasteiger partial charge is 0.490 e. The van der Waals surface area contributed by atoms with E-state index < -0.39 is 109 Å². The van der Waals surface area contributed by atoms with E-state index in [0.717, 1.165) is 48.9 Å². The first-order valence-electron chi connectivity index (χ1n) is 23.2. The number of carbonyl (C=O) groups excluding carboxylic acids is 2. The van der Waals surface area contributed by atoms with Gasteiger partial charge in [0.15, 0.2) is 12.5 Å². The summed E-state index contributed by atoms with van der Waals surface area (Å²) in [6.07, 6.45) is -0.0112. The van der Waals surface area contributed by atoms with E-state index >= 15 is 0 Å². The number of aliphatic carboxylic acids is 2. The fourth-order valence-corrected chi connectivity index (χ4v) is 7.61. The second-order valence-corrected chi connectivity index (χ2v) is 17.0. The number of alkyl halides is 6. The van der Waals surface area contributed by atoms with Gasteiger partial charge in [-0.2, -0.15) is 26.3 Å². The zero-order valence-corrected chi connectivity index (χ0v) is 39.7. The molecule has 0 aliphatic carbocycles. The van der Waals surface area contributed by atoms with E-state index in [1.165, 1.54) is 69.7 Å². The number of aromatic amines is 1. The maximum atomic E-state index is 14.3. The predicted molar refractivity (Wildman–Crippen MR) is 239 cm³/mol. The van der Waals surface area contributed by atoms with Crippen LogP contribution in [0.2, 0.25) is 0 Å². The Bertz CT molecular complexity index is 1980. The molecule has 1 aromatic heterocycles. The van der Waals surface area contributed by atoms with E-state index in [-0.39, 0.29) is 18.8 Å². The van der Waals surface area contributed by atoms with Gasteiger partial charge in [0.1, 0.15) is 54.5 Å². The van der Waals surface area contributed by atoms with Gasteiger partial charge in [0, 0.05) is 38.9 Å². The summed E-state index contributed by atoms with van der Waals surface area (Å²) >= 11 is 0. The third-order valence-electron chi connectivity index (χ3n) is 11.6. The maximum absolute atomic E-state index is 14.3. The van der Waals surface area contributed by atoms with Gasteiger partial charge in [0.25, 0.3) is 11.5 Å². The average molecular weight is 1040 g/mol. The van der Waals surface area contributed by atoms with Crippen LogP contribution in [-0.4, -0.2) is 175 Å². The summed E-state index contributed by atoms with van der Waals surface area (Å²) in [5, 5.41) is 60.8. The number of carbonyl (C=O) groups is 4. The van der Waals surface area contributed by atoms with Crippen LogP contribution in [0.5, 0.6) is 0 Å². The van der Waals surface area contributed by atoms with Crippen LogP contribution in [0.3, 0.4) is 0 Å². The second-order valence-electron chi connectivity index (χ2n) is 17.0. The number of ether oxygens (including phenoxy) is 3. The van der Waals surface area contributed by atoms with E-state index in [4.69, 9.17) is 39.7 Å². The van der Waals surface area contributed by atoms with E-state index in [1.54, 1.807) is 18.0 Å². The number of allylic oxidation sites excluding steroid dienone is 2. The molecular weight excluding hydrogens is 966 g/mol. The number of carboxylic acid groups (broad SMARTS) is 2. The quantitative estimate of drug-likeness (QED) is 0.0430. The van der Waals surface area contributed by atoms with Gasteiger partial charge in [-0.05, 0) is 45.2 Å². The molecule has 3 aliphatic heterocycles. The standard InChI is InChI=1S/C40H66N6O11.2C2HF3O2/c1-4-5-6-7-8-9-10-11-12-13-14-15-16-17-18-19-22-42-36(52)26-20-23-44(2)29(37(53)45(26)3)34(57-39-33(51)30(48)27(25-41)55-39)35-31(49)32(50)38(56-35)46-24-21-28(47)43-40(46)54;2*3-2(4,5)1(6)7/h11-12,20-21,24,27,29-35,38-39,48-51H,4-10,13-19,22-23,25,41H2,1-3H3,(H,42,52)(H,43,47,54);2*(H,6,7)/b12-11-;;/t27-,29+,30-,31+,32-,33-,34+,35+,38-,39+;;/m1../s1. The fraction of sp³-hybridized carbons (Fsp3) is 0.727. The fourth-order valence-electron chi connectivity index (χ4n) is 7.61. The van der Waals surface area contributed by atoms with Crippen molar-refractivity contribution in [3.05, 3.63) is 57.0 Å². The normalized spacial score (nSPS) is 25.4. The van der Waals surface area contributed by atoms with Crippen molar-refractivity contribution in [1.82, 2.24) is 24.7 Å². The summed E-state index contributed by atoms with van der Waals surface area (Å²) in [6, 6.07) is -0.272. The van der Waals surface area contributed by atoms with Crippen LogP contribution in [0.25, 0.3) is 0 Å². The maximum Gasteiger partial charge on any atom is 0.490 e. The van der Waals surface area contributed by atoms with Gasteiger partial charge in [-0.15, -0.1) is 0 Å². The van der Waals surface area contributed by atoms with E-state index in [9.17, 15) is 65.9 Å². The molecule has 1 aromatic rings. The lowest BCUT2D eigenvalue weighted by atomic mass is 9.97. The molecule has 2 fully saturated rings. The van der Waals surface area contributed by atoms with Gasteiger partial charge >= 0.3 is 30.0 Å². The van der Waals surface area contributed by atoms with Crippen molar-refractivity contribution in [1.29, 1.82) is 0 Å². The predicted octanol–water partition coefficient (Wildman–Crippen LogP) is 2.02. The number of aliphatic hydroxyl groups excluding tert-OH is 4. The first-order valence-corrected chi connectivity index (χ1v) is 23.2. The number of aliphatic hydroxyl groups is 4. The van der Waals surface area contributed by atoms with Gasteiger partial charge in [0.05, 0.1) is 0 Å². The smallest absolute Gasteiger partial charge is 0.475 e. The molecular formula is C44H68F6N6O15. The first-order chi connectivity index (χ1) is 33.3. The van der Waals surface area contributed by atoms with E-state index in [1.807, 2.05) is 0 Å². The number of halogens is 6. The van der Waals surface area contributed by atoms with Crippen LogP contribution in [-0.2, 0) is 33.4 Å². The van der Waals surface area contributed by atoms with Gasteiger partial charge in [0.2, 0.25) is 5.91 Å². The van der Waals surface area contributed by atoms with Crippen LogP contribution < -0.4 is 22.3 Å². The van der Waals surface area contributed by atoms with E-state index in [0.29, 0.717) is 6.54 Å². The summed E-state index contributed by atoms with van der Waals surface area (Å²) in [7, 11) is 3.02. The Morgan fingerprint density at radius 1 is 0.817 bits per heavy atom. The summed E-state index contributed by atoms with van der Waals surface area (Å²) in [5.74, 6) is -6.60. The molecule has 71 heavy (non-hydrogen) atoms. The average Bonchev–Trinajstić information content (AvgIpc) is 3.70. The molecule has 4 heterocycles. The highest BCUT2D eigenvalue weighted by Crippen LogP contribution is 2.36. The van der Waals surface area contributed by atoms with Gasteiger partial charge in [-0.1, -0.05) is 76.9 Å². The number of likely N-dealkylation sites (N-methyl/N-ethyl adjacent to an activating group) is 2. The van der Waals surface area contributed by atoms with Crippen LogP contribution in [0, 0.1) is 0 Å². The van der Waals surface area contributed by atoms with Crippen LogP contribution in [0.1, 0.15) is 103 Å². The number of nitrogens with zero attached hydrogens (tertiary/aromatic N) is 3. The molecule has 27 heteroatoms. The molecule has 0 unspecified atom stereocenters. The summed E-state index contributed by atoms with van der Waals surface area (Å²) in [4.78, 5) is 74.6. The van der Waals surface area contributed by atoms with Crippen molar-refractivity contribution >= 4 is 23.8 Å². The van der Waals surface area contributed by atoms with E-state index in [2.05, 4.69) is 29.4 Å². The minimum absolute atomic E-state index is 0.0634. The number of rotatable bonds is 23. The number of unbranched alkanes of at least 4 members (excludes halogenated alkanes) is 12. The second kappa shape index (κ2) is 30.3. The Balaban J connectivity index is 0.00000107. The minimum Gasteiger partial charge on any atom is -0.475 e. The molecule has 4 rings (SSSR count). The molecule has 21 nitrogen and oxygen atoms in total. The third-order valence-corrected chi connectivity index (χ3v) is 11.6. The number of hydrogen-bond acceptors (Lipinski definition) is 15. The number of nitrogens with one attached hydrogen (secondary N) is 2. The Labute approximate surface area is 405 Å². The molecule has 10 atom stereocenters. The molecule has 3 aliphatic rings. The minimum atomic E-state index is -5.08. The Hall–Kier alpha value is -4.74. The van der Waals surface area contributed by atoms with Crippen molar-refractivity contribution in [2.24, 2.45) is 5.73 Å². The zero-order valence-electron chi connectivity index (χ0n) is 39.7. The molecule has 406 valence electrons. The summed E-state index contributed by atoms with van der Waals surface area (Å²) < 4.78 is 82.2. The van der Waals surface area contributed by atoms with Gasteiger partial charge < -0.3 is 60.8 Å². The molecule has 2 amide bonds. The third kappa shape index (κ3) is 20.0. The van der Waals surface area contributed by atoms with Crippen LogP contribution in [0.15, 0.2) is 45.8 Å². The molecule has 0 radical (unpaired) electrons. The Morgan fingerprint density at radius 3 is 1.83 bits per heavy atom. The van der Waals surface area contributed by atoms with Crippen molar-refractivity contribution in [3.8, 4) is 0 Å². The molecule has 0 saturated carbocycles. The van der Waals surface area contributed by atoms with Crippen molar-refractivity contribution in [3.63, 3.8) is 0 Å². The molecule has 10 N–H and O–H groups in total. The number of hydrogen-bond donors (Lipinski definition) is 9. The van der Waals surface area contributed by atoms with Crippen LogP contribution in [0.4, 0.5) is 26.3 Å². The molecule has 2 saturated heterocycles. The Kier molecular flexibility index (Phi) is 26.6. The molecule has 0 bridgehead atoms. The zero-order chi connectivity index (χ0) is 53.6. The Morgan fingerprint density at radius 2 is 1.34 bits per heavy atom. The number of H-pyrrole nitrogens is 1. The number of carboxylic acids is 2. The number of nitrogens with two attached hydrogens (primary N) is 1. The molecule has 0 aromatic carbocycles. The lowest BCUT2D eigenvalue weighted by Crippen LogP contribution is -2.59. The summed E-state index contributed by atoms with van der Waals surface area (Å²) in [5.41, 5.74) is 4.20. The lowest BCUT2D eigenvalue weighted by Gasteiger charge is -2.38. The van der Waals surface area contributed by atoms with Crippen LogP contribution >= 0.6 is 0 Å². The summed E-state index contributed by atoms with van der Waals surface area (Å²) in [6.45, 7) is 2.57. The van der Waals surface area contributed by atoms with Crippen molar-refractivity contribution < 1.29 is 90.4 Å². The first kappa shape index (κ1) is 62.4. The highest BCUT2D eigenvalue weighted by Gasteiger charge is 2.55. The highest BCUT2D eigenvalue weighted by atomic mass is 19.4. The lowest BCUT2D eigenvalue weighted by molar-refractivity contribution is -0.232. The highest BCUT2D eigenvalue weighted by molar-refractivity contribution is 5.99. The molecule has 0 spiro atoms.